The molecular formula is C21H17Br2N3O5. The van der Waals surface area contributed by atoms with Gasteiger partial charge in [0.2, 0.25) is 5.91 Å². The number of halogens is 2. The van der Waals surface area contributed by atoms with Gasteiger partial charge in [0.05, 0.1) is 4.47 Å². The van der Waals surface area contributed by atoms with Crippen LogP contribution in [0.3, 0.4) is 0 Å². The lowest BCUT2D eigenvalue weighted by atomic mass is 10.2. The molecule has 0 atom stereocenters. The zero-order valence-electron chi connectivity index (χ0n) is 16.3. The van der Waals surface area contributed by atoms with Gasteiger partial charge in [0.15, 0.2) is 5.58 Å². The topological polar surface area (TPSA) is 118 Å². The first-order valence-corrected chi connectivity index (χ1v) is 10.7. The maximum Gasteiger partial charge on any atom is 0.349 e. The second kappa shape index (κ2) is 9.88. The Morgan fingerprint density at radius 1 is 0.935 bits per heavy atom. The summed E-state index contributed by atoms with van der Waals surface area (Å²) < 4.78 is 6.61. The van der Waals surface area contributed by atoms with Crippen LogP contribution in [0.15, 0.2) is 60.6 Å². The number of carbonyl (C=O) groups is 3. The molecule has 0 fully saturated rings. The lowest BCUT2D eigenvalue weighted by Gasteiger charge is -2.08. The highest BCUT2D eigenvalue weighted by molar-refractivity contribution is 9.11. The van der Waals surface area contributed by atoms with E-state index < -0.39 is 11.5 Å². The molecule has 1 aromatic heterocycles. The molecule has 0 saturated carbocycles. The van der Waals surface area contributed by atoms with Gasteiger partial charge in [0, 0.05) is 41.1 Å². The first kappa shape index (κ1) is 22.7. The molecule has 3 amide bonds. The van der Waals surface area contributed by atoms with E-state index >= 15 is 0 Å². The van der Waals surface area contributed by atoms with E-state index in [1.165, 1.54) is 13.0 Å². The molecule has 10 heteroatoms. The molecule has 8 nitrogen and oxygen atoms in total. The minimum atomic E-state index is -0.753. The van der Waals surface area contributed by atoms with Crippen molar-refractivity contribution >= 4 is 66.2 Å². The van der Waals surface area contributed by atoms with Crippen LogP contribution in [0.5, 0.6) is 0 Å². The number of anilines is 1. The Bertz CT molecular complexity index is 1220. The third-order valence-corrected chi connectivity index (χ3v) is 5.21. The molecule has 2 aromatic carbocycles. The summed E-state index contributed by atoms with van der Waals surface area (Å²) in [5, 5.41) is 8.46. The van der Waals surface area contributed by atoms with Gasteiger partial charge in [-0.25, -0.2) is 4.79 Å². The number of carbonyl (C=O) groups excluding carboxylic acids is 3. The van der Waals surface area contributed by atoms with Crippen LogP contribution in [0.4, 0.5) is 5.69 Å². The quantitative estimate of drug-likeness (QED) is 0.321. The fraction of sp³-hybridized carbons (Fsp3) is 0.143. The minimum Gasteiger partial charge on any atom is -0.421 e. The number of hydrogen-bond acceptors (Lipinski definition) is 5. The summed E-state index contributed by atoms with van der Waals surface area (Å²) in [6.45, 7) is 1.68. The summed E-state index contributed by atoms with van der Waals surface area (Å²) >= 11 is 6.67. The average molecular weight is 551 g/mol. The molecule has 3 aromatic rings. The number of nitrogens with one attached hydrogen (secondary N) is 3. The molecule has 31 heavy (non-hydrogen) atoms. The van der Waals surface area contributed by atoms with Crippen LogP contribution < -0.4 is 21.6 Å². The fourth-order valence-corrected chi connectivity index (χ4v) is 4.11. The molecule has 1 heterocycles. The van der Waals surface area contributed by atoms with E-state index in [2.05, 4.69) is 47.8 Å². The average Bonchev–Trinajstić information content (AvgIpc) is 2.71. The standard InChI is InChI=1S/C21H17Br2N3O5/c1-11(27)26-15-4-2-12(3-5-15)19(28)24-6-7-25-20(29)16-9-13-8-14(22)10-17(23)18(13)31-21(16)30/h2-5,8-10H,6-7H2,1H3,(H,24,28)(H,25,29)(H,26,27). The number of benzene rings is 2. The molecule has 0 saturated heterocycles. The monoisotopic (exact) mass is 549 g/mol. The van der Waals surface area contributed by atoms with E-state index in [0.717, 1.165) is 4.47 Å². The largest absolute Gasteiger partial charge is 0.421 e. The first-order valence-electron chi connectivity index (χ1n) is 9.11. The molecule has 0 radical (unpaired) electrons. The van der Waals surface area contributed by atoms with Crippen LogP contribution in [-0.4, -0.2) is 30.8 Å². The Hall–Kier alpha value is -2.98. The maximum atomic E-state index is 12.4. The maximum absolute atomic E-state index is 12.4. The van der Waals surface area contributed by atoms with Gasteiger partial charge in [-0.3, -0.25) is 14.4 Å². The van der Waals surface area contributed by atoms with Crippen molar-refractivity contribution in [3.63, 3.8) is 0 Å². The Morgan fingerprint density at radius 3 is 2.23 bits per heavy atom. The van der Waals surface area contributed by atoms with E-state index in [0.29, 0.717) is 26.7 Å². The number of amides is 3. The van der Waals surface area contributed by atoms with Crippen molar-refractivity contribution in [1.29, 1.82) is 0 Å². The highest BCUT2D eigenvalue weighted by Gasteiger charge is 2.15. The smallest absolute Gasteiger partial charge is 0.349 e. The van der Waals surface area contributed by atoms with E-state index in [-0.39, 0.29) is 30.5 Å². The van der Waals surface area contributed by atoms with Crippen molar-refractivity contribution in [2.24, 2.45) is 0 Å². The van der Waals surface area contributed by atoms with Gasteiger partial charge >= 0.3 is 5.63 Å². The summed E-state index contributed by atoms with van der Waals surface area (Å²) in [5.41, 5.74) is 0.464. The molecule has 160 valence electrons. The Morgan fingerprint density at radius 2 is 1.58 bits per heavy atom. The van der Waals surface area contributed by atoms with Crippen molar-refractivity contribution in [2.45, 2.75) is 6.92 Å². The lowest BCUT2D eigenvalue weighted by Crippen LogP contribution is -2.36. The van der Waals surface area contributed by atoms with Crippen LogP contribution in [0, 0.1) is 0 Å². The highest BCUT2D eigenvalue weighted by Crippen LogP contribution is 2.27. The van der Waals surface area contributed by atoms with Gasteiger partial charge in [-0.05, 0) is 58.4 Å². The normalized spacial score (nSPS) is 10.5. The third kappa shape index (κ3) is 5.80. The molecule has 0 aliphatic heterocycles. The van der Waals surface area contributed by atoms with Crippen molar-refractivity contribution < 1.29 is 18.8 Å². The molecule has 0 bridgehead atoms. The van der Waals surface area contributed by atoms with E-state index in [4.69, 9.17) is 4.42 Å². The molecule has 0 unspecified atom stereocenters. The SMILES string of the molecule is CC(=O)Nc1ccc(C(=O)NCCNC(=O)c2cc3cc(Br)cc(Br)c3oc2=O)cc1. The van der Waals surface area contributed by atoms with Crippen molar-refractivity contribution in [3.05, 3.63) is 73.0 Å². The van der Waals surface area contributed by atoms with Gasteiger partial charge in [0.1, 0.15) is 5.56 Å². The zero-order chi connectivity index (χ0) is 22.5. The van der Waals surface area contributed by atoms with Crippen LogP contribution >= 0.6 is 31.9 Å². The molecule has 0 spiro atoms. The fourth-order valence-electron chi connectivity index (χ4n) is 2.77. The zero-order valence-corrected chi connectivity index (χ0v) is 19.4. The third-order valence-electron chi connectivity index (χ3n) is 4.16. The summed E-state index contributed by atoms with van der Waals surface area (Å²) in [6.07, 6.45) is 0. The van der Waals surface area contributed by atoms with Gasteiger partial charge in [-0.1, -0.05) is 15.9 Å². The Kier molecular flexibility index (Phi) is 7.24. The van der Waals surface area contributed by atoms with E-state index in [1.807, 2.05) is 0 Å². The summed E-state index contributed by atoms with van der Waals surface area (Å²) in [6, 6.07) is 11.3. The van der Waals surface area contributed by atoms with Crippen molar-refractivity contribution in [1.82, 2.24) is 10.6 Å². The second-order valence-electron chi connectivity index (χ2n) is 6.52. The number of fused-ring (bicyclic) bond motifs is 1. The summed E-state index contributed by atoms with van der Waals surface area (Å²) in [4.78, 5) is 47.8. The summed E-state index contributed by atoms with van der Waals surface area (Å²) in [7, 11) is 0. The first-order chi connectivity index (χ1) is 14.7. The van der Waals surface area contributed by atoms with Crippen LogP contribution in [0.1, 0.15) is 27.6 Å². The van der Waals surface area contributed by atoms with E-state index in [1.54, 1.807) is 36.4 Å². The van der Waals surface area contributed by atoms with Crippen molar-refractivity contribution in [3.8, 4) is 0 Å². The van der Waals surface area contributed by atoms with Gasteiger partial charge in [0.25, 0.3) is 11.8 Å². The van der Waals surface area contributed by atoms with E-state index in [9.17, 15) is 19.2 Å². The van der Waals surface area contributed by atoms with Gasteiger partial charge in [-0.2, -0.15) is 0 Å². The Balaban J connectivity index is 1.56. The van der Waals surface area contributed by atoms with Gasteiger partial charge in [-0.15, -0.1) is 0 Å². The lowest BCUT2D eigenvalue weighted by molar-refractivity contribution is -0.114. The van der Waals surface area contributed by atoms with Crippen molar-refractivity contribution in [2.75, 3.05) is 18.4 Å². The molecule has 0 aliphatic rings. The molecule has 3 rings (SSSR count). The number of rotatable bonds is 6. The Labute approximate surface area is 193 Å². The van der Waals surface area contributed by atoms with Crippen LogP contribution in [-0.2, 0) is 4.79 Å². The highest BCUT2D eigenvalue weighted by atomic mass is 79.9. The predicted molar refractivity (Wildman–Crippen MR) is 123 cm³/mol. The second-order valence-corrected chi connectivity index (χ2v) is 8.29. The van der Waals surface area contributed by atoms with Crippen LogP contribution in [0.25, 0.3) is 11.0 Å². The molecule has 3 N–H and O–H groups in total. The summed E-state index contributed by atoms with van der Waals surface area (Å²) in [5.74, 6) is -1.13. The minimum absolute atomic E-state index is 0.119. The number of hydrogen-bond donors (Lipinski definition) is 3. The molecular weight excluding hydrogens is 534 g/mol. The predicted octanol–water partition coefficient (Wildman–Crippen LogP) is 3.44. The van der Waals surface area contributed by atoms with Gasteiger partial charge < -0.3 is 20.4 Å². The van der Waals surface area contributed by atoms with Crippen LogP contribution in [0.2, 0.25) is 0 Å². The molecule has 0 aliphatic carbocycles.